The van der Waals surface area contributed by atoms with E-state index < -0.39 is 0 Å². The fourth-order valence-electron chi connectivity index (χ4n) is 1.86. The maximum atomic E-state index is 13.5. The summed E-state index contributed by atoms with van der Waals surface area (Å²) < 4.78 is 27.0. The molecule has 0 aliphatic heterocycles. The standard InChI is InChI=1S/C16H17F2N3.HI/c1-19-16(20-10-12-6-2-4-8-14(12)17)21-11-13-7-3-5-9-15(13)18;/h2-9H,10-11H2,1H3,(H2,19,20,21);1H. The summed E-state index contributed by atoms with van der Waals surface area (Å²) in [6.45, 7) is 0.618. The molecule has 0 amide bonds. The van der Waals surface area contributed by atoms with Crippen molar-refractivity contribution in [1.29, 1.82) is 0 Å². The lowest BCUT2D eigenvalue weighted by Gasteiger charge is -2.12. The predicted octanol–water partition coefficient (Wildman–Crippen LogP) is 3.45. The van der Waals surface area contributed by atoms with Crippen LogP contribution < -0.4 is 10.6 Å². The minimum absolute atomic E-state index is 0. The number of nitrogens with one attached hydrogen (secondary N) is 2. The van der Waals surface area contributed by atoms with Crippen molar-refractivity contribution in [3.05, 3.63) is 71.3 Å². The molecule has 22 heavy (non-hydrogen) atoms. The van der Waals surface area contributed by atoms with Crippen molar-refractivity contribution in [2.24, 2.45) is 4.99 Å². The van der Waals surface area contributed by atoms with E-state index in [1.807, 2.05) is 0 Å². The number of nitrogens with zero attached hydrogens (tertiary/aromatic N) is 1. The van der Waals surface area contributed by atoms with Gasteiger partial charge in [0.1, 0.15) is 11.6 Å². The van der Waals surface area contributed by atoms with Crippen LogP contribution in [0.1, 0.15) is 11.1 Å². The number of benzene rings is 2. The average Bonchev–Trinajstić information content (AvgIpc) is 2.50. The number of rotatable bonds is 4. The number of halogens is 3. The third kappa shape index (κ3) is 5.25. The molecule has 3 nitrogen and oxygen atoms in total. The Hall–Kier alpha value is -1.70. The van der Waals surface area contributed by atoms with E-state index in [9.17, 15) is 8.78 Å². The van der Waals surface area contributed by atoms with Crippen LogP contribution in [0.5, 0.6) is 0 Å². The molecule has 2 N–H and O–H groups in total. The van der Waals surface area contributed by atoms with Gasteiger partial charge in [0.2, 0.25) is 0 Å². The van der Waals surface area contributed by atoms with E-state index in [1.165, 1.54) is 12.1 Å². The van der Waals surface area contributed by atoms with Gasteiger partial charge in [0.25, 0.3) is 0 Å². The molecule has 0 aliphatic carbocycles. The van der Waals surface area contributed by atoms with Gasteiger partial charge in [0, 0.05) is 31.3 Å². The molecular weight excluding hydrogens is 399 g/mol. The molecule has 0 aliphatic rings. The van der Waals surface area contributed by atoms with Crippen molar-refractivity contribution in [3.8, 4) is 0 Å². The normalized spacial score (nSPS) is 9.59. The molecule has 0 spiro atoms. The topological polar surface area (TPSA) is 36.4 Å². The van der Waals surface area contributed by atoms with Crippen molar-refractivity contribution < 1.29 is 8.78 Å². The second kappa shape index (κ2) is 9.34. The van der Waals surface area contributed by atoms with Gasteiger partial charge in [0.05, 0.1) is 0 Å². The van der Waals surface area contributed by atoms with Crippen molar-refractivity contribution >= 4 is 29.9 Å². The zero-order chi connectivity index (χ0) is 15.1. The highest BCUT2D eigenvalue weighted by atomic mass is 127. The minimum atomic E-state index is -0.269. The molecule has 0 heterocycles. The third-order valence-electron chi connectivity index (χ3n) is 3.03. The first-order valence-corrected chi connectivity index (χ1v) is 6.62. The van der Waals surface area contributed by atoms with Gasteiger partial charge in [-0.2, -0.15) is 0 Å². The first kappa shape index (κ1) is 18.3. The van der Waals surface area contributed by atoms with E-state index in [4.69, 9.17) is 0 Å². The van der Waals surface area contributed by atoms with E-state index in [1.54, 1.807) is 43.4 Å². The van der Waals surface area contributed by atoms with Gasteiger partial charge in [-0.15, -0.1) is 24.0 Å². The molecule has 2 aromatic carbocycles. The molecule has 2 rings (SSSR count). The molecular formula is C16H18F2IN3. The lowest BCUT2D eigenvalue weighted by Crippen LogP contribution is -2.36. The fourth-order valence-corrected chi connectivity index (χ4v) is 1.86. The molecule has 0 saturated heterocycles. The summed E-state index contributed by atoms with van der Waals surface area (Å²) in [7, 11) is 1.61. The van der Waals surface area contributed by atoms with Gasteiger partial charge in [-0.25, -0.2) is 8.78 Å². The molecule has 0 aromatic heterocycles. The zero-order valence-electron chi connectivity index (χ0n) is 12.1. The molecule has 2 aromatic rings. The van der Waals surface area contributed by atoms with Crippen molar-refractivity contribution in [2.75, 3.05) is 7.05 Å². The molecule has 0 unspecified atom stereocenters. The Bertz CT molecular complexity index is 581. The largest absolute Gasteiger partial charge is 0.352 e. The molecule has 0 fully saturated rings. The summed E-state index contributed by atoms with van der Waals surface area (Å²) >= 11 is 0. The molecule has 0 bridgehead atoms. The Labute approximate surface area is 145 Å². The lowest BCUT2D eigenvalue weighted by molar-refractivity contribution is 0.600. The van der Waals surface area contributed by atoms with Crippen molar-refractivity contribution in [2.45, 2.75) is 13.1 Å². The van der Waals surface area contributed by atoms with E-state index >= 15 is 0 Å². The molecule has 118 valence electrons. The van der Waals surface area contributed by atoms with Crippen molar-refractivity contribution in [1.82, 2.24) is 10.6 Å². The summed E-state index contributed by atoms with van der Waals surface area (Å²) in [4.78, 5) is 4.03. The fraction of sp³-hybridized carbons (Fsp3) is 0.188. The Kier molecular flexibility index (Phi) is 7.79. The molecule has 0 atom stereocenters. The smallest absolute Gasteiger partial charge is 0.191 e. The van der Waals surface area contributed by atoms with Gasteiger partial charge < -0.3 is 10.6 Å². The highest BCUT2D eigenvalue weighted by molar-refractivity contribution is 14.0. The molecule has 0 saturated carbocycles. The second-order valence-corrected chi connectivity index (χ2v) is 4.46. The SMILES string of the molecule is CN=C(NCc1ccccc1F)NCc1ccccc1F.I. The van der Waals surface area contributed by atoms with Crippen LogP contribution in [0.4, 0.5) is 8.78 Å². The van der Waals surface area contributed by atoms with Gasteiger partial charge in [-0.3, -0.25) is 4.99 Å². The van der Waals surface area contributed by atoms with Crippen molar-refractivity contribution in [3.63, 3.8) is 0 Å². The maximum absolute atomic E-state index is 13.5. The maximum Gasteiger partial charge on any atom is 0.191 e. The van der Waals surface area contributed by atoms with Gasteiger partial charge in [-0.05, 0) is 12.1 Å². The summed E-state index contributed by atoms with van der Waals surface area (Å²) in [5.74, 6) is -0.0504. The van der Waals surface area contributed by atoms with E-state index in [-0.39, 0.29) is 35.6 Å². The van der Waals surface area contributed by atoms with Crippen LogP contribution in [0.25, 0.3) is 0 Å². The summed E-state index contributed by atoms with van der Waals surface area (Å²) in [6.07, 6.45) is 0. The number of hydrogen-bond donors (Lipinski definition) is 2. The van der Waals surface area contributed by atoms with Gasteiger partial charge in [-0.1, -0.05) is 36.4 Å². The van der Waals surface area contributed by atoms with Crippen LogP contribution in [0, 0.1) is 11.6 Å². The second-order valence-electron chi connectivity index (χ2n) is 4.46. The molecule has 6 heteroatoms. The van der Waals surface area contributed by atoms with Gasteiger partial charge >= 0.3 is 0 Å². The summed E-state index contributed by atoms with van der Waals surface area (Å²) in [5, 5.41) is 5.99. The highest BCUT2D eigenvalue weighted by Crippen LogP contribution is 2.06. The minimum Gasteiger partial charge on any atom is -0.352 e. The first-order chi connectivity index (χ1) is 10.2. The Morgan fingerprint density at radius 3 is 1.64 bits per heavy atom. The third-order valence-corrected chi connectivity index (χ3v) is 3.03. The van der Waals surface area contributed by atoms with E-state index in [0.717, 1.165) is 0 Å². The van der Waals surface area contributed by atoms with Crippen LogP contribution in [0.15, 0.2) is 53.5 Å². The van der Waals surface area contributed by atoms with E-state index in [2.05, 4.69) is 15.6 Å². The average molecular weight is 417 g/mol. The van der Waals surface area contributed by atoms with Crippen LogP contribution in [-0.4, -0.2) is 13.0 Å². The van der Waals surface area contributed by atoms with Crippen LogP contribution in [0.2, 0.25) is 0 Å². The van der Waals surface area contributed by atoms with Crippen LogP contribution in [-0.2, 0) is 13.1 Å². The number of aliphatic imine (C=N–C) groups is 1. The van der Waals surface area contributed by atoms with Crippen LogP contribution in [0.3, 0.4) is 0 Å². The Morgan fingerprint density at radius 2 is 1.27 bits per heavy atom. The zero-order valence-corrected chi connectivity index (χ0v) is 14.5. The first-order valence-electron chi connectivity index (χ1n) is 6.62. The Morgan fingerprint density at radius 1 is 0.864 bits per heavy atom. The summed E-state index contributed by atoms with van der Waals surface area (Å²) in [5.41, 5.74) is 1.10. The quantitative estimate of drug-likeness (QED) is 0.455. The Balaban J connectivity index is 0.00000242. The predicted molar refractivity (Wildman–Crippen MR) is 95.3 cm³/mol. The van der Waals surface area contributed by atoms with Crippen LogP contribution >= 0.6 is 24.0 Å². The number of guanidine groups is 1. The monoisotopic (exact) mass is 417 g/mol. The lowest BCUT2D eigenvalue weighted by atomic mass is 10.2. The number of hydrogen-bond acceptors (Lipinski definition) is 1. The highest BCUT2D eigenvalue weighted by Gasteiger charge is 2.04. The molecule has 0 radical (unpaired) electrons. The summed E-state index contributed by atoms with van der Waals surface area (Å²) in [6, 6.07) is 13.1. The van der Waals surface area contributed by atoms with E-state index in [0.29, 0.717) is 30.2 Å². The van der Waals surface area contributed by atoms with Gasteiger partial charge in [0.15, 0.2) is 5.96 Å².